The first-order chi connectivity index (χ1) is 13.6. The quantitative estimate of drug-likeness (QED) is 0.703. The molecule has 0 radical (unpaired) electrons. The van der Waals surface area contributed by atoms with Crippen molar-refractivity contribution in [3.63, 3.8) is 0 Å². The van der Waals surface area contributed by atoms with Crippen molar-refractivity contribution in [2.24, 2.45) is 7.05 Å². The van der Waals surface area contributed by atoms with Crippen molar-refractivity contribution in [1.29, 1.82) is 0 Å². The van der Waals surface area contributed by atoms with Gasteiger partial charge in [0.2, 0.25) is 5.91 Å². The molecule has 1 amide bonds. The summed E-state index contributed by atoms with van der Waals surface area (Å²) < 4.78 is 2.83. The lowest BCUT2D eigenvalue weighted by Gasteiger charge is -2.29. The standard InChI is InChI=1S/C19H23N7O2/c1-24-18-15(11-23-24)19(28)26(13-22-18)12-16(27)21-10-14-6-5-7-20-17(14)25-8-3-2-4-9-25/h5-7,11,13H,2-4,8-10,12H2,1H3,(H,21,27). The number of aryl methyl sites for hydroxylation is 1. The SMILES string of the molecule is Cn1ncc2c(=O)n(CC(=O)NCc3cccnc3N3CCCCC3)cnc21. The van der Waals surface area contributed by atoms with Crippen LogP contribution < -0.4 is 15.8 Å². The Morgan fingerprint density at radius 1 is 1.21 bits per heavy atom. The first-order valence-corrected chi connectivity index (χ1v) is 9.46. The van der Waals surface area contributed by atoms with Crippen LogP contribution in [0.5, 0.6) is 0 Å². The molecule has 1 aliphatic rings. The number of hydrogen-bond acceptors (Lipinski definition) is 6. The molecule has 9 nitrogen and oxygen atoms in total. The molecule has 28 heavy (non-hydrogen) atoms. The van der Waals surface area contributed by atoms with Crippen molar-refractivity contribution in [3.8, 4) is 0 Å². The molecule has 0 saturated carbocycles. The first-order valence-electron chi connectivity index (χ1n) is 9.46. The monoisotopic (exact) mass is 381 g/mol. The second-order valence-corrected chi connectivity index (χ2v) is 6.99. The average molecular weight is 381 g/mol. The summed E-state index contributed by atoms with van der Waals surface area (Å²) >= 11 is 0. The molecule has 0 spiro atoms. The number of nitrogens with one attached hydrogen (secondary N) is 1. The first kappa shape index (κ1) is 18.1. The Morgan fingerprint density at radius 2 is 2.04 bits per heavy atom. The molecular formula is C19H23N7O2. The van der Waals surface area contributed by atoms with Gasteiger partial charge in [-0.1, -0.05) is 6.07 Å². The highest BCUT2D eigenvalue weighted by atomic mass is 16.2. The molecule has 0 bridgehead atoms. The van der Waals surface area contributed by atoms with E-state index >= 15 is 0 Å². The summed E-state index contributed by atoms with van der Waals surface area (Å²) in [5.41, 5.74) is 1.21. The molecule has 1 N–H and O–H groups in total. The summed E-state index contributed by atoms with van der Waals surface area (Å²) in [7, 11) is 1.72. The maximum absolute atomic E-state index is 12.5. The fraction of sp³-hybridized carbons (Fsp3) is 0.421. The van der Waals surface area contributed by atoms with Crippen molar-refractivity contribution in [2.45, 2.75) is 32.4 Å². The molecule has 4 heterocycles. The molecule has 1 fully saturated rings. The molecule has 4 rings (SSSR count). The Bertz CT molecular complexity index is 1050. The second kappa shape index (κ2) is 7.79. The minimum absolute atomic E-state index is 0.0873. The Kier molecular flexibility index (Phi) is 5.05. The van der Waals surface area contributed by atoms with E-state index in [4.69, 9.17) is 0 Å². The third kappa shape index (κ3) is 3.60. The predicted octanol–water partition coefficient (Wildman–Crippen LogP) is 0.832. The summed E-state index contributed by atoms with van der Waals surface area (Å²) in [6, 6.07) is 3.85. The third-order valence-corrected chi connectivity index (χ3v) is 5.03. The van der Waals surface area contributed by atoms with Crippen molar-refractivity contribution >= 4 is 22.8 Å². The van der Waals surface area contributed by atoms with Gasteiger partial charge in [0.1, 0.15) is 24.1 Å². The number of carbonyl (C=O) groups is 1. The summed E-state index contributed by atoms with van der Waals surface area (Å²) in [6.45, 7) is 2.26. The van der Waals surface area contributed by atoms with Crippen LogP contribution in [-0.4, -0.2) is 43.3 Å². The highest BCUT2D eigenvalue weighted by Gasteiger charge is 2.16. The lowest BCUT2D eigenvalue weighted by molar-refractivity contribution is -0.121. The number of carbonyl (C=O) groups excluding carboxylic acids is 1. The Hall–Kier alpha value is -3.23. The molecule has 3 aromatic rings. The van der Waals surface area contributed by atoms with Gasteiger partial charge < -0.3 is 10.2 Å². The van der Waals surface area contributed by atoms with Crippen LogP contribution in [0.3, 0.4) is 0 Å². The van der Waals surface area contributed by atoms with Gasteiger partial charge in [0.15, 0.2) is 5.65 Å². The molecule has 146 valence electrons. The molecule has 0 aliphatic carbocycles. The lowest BCUT2D eigenvalue weighted by Crippen LogP contribution is -2.34. The lowest BCUT2D eigenvalue weighted by atomic mass is 10.1. The molecule has 0 atom stereocenters. The van der Waals surface area contributed by atoms with Gasteiger partial charge in [-0.2, -0.15) is 5.10 Å². The molecule has 9 heteroatoms. The Morgan fingerprint density at radius 3 is 2.86 bits per heavy atom. The number of hydrogen-bond donors (Lipinski definition) is 1. The van der Waals surface area contributed by atoms with Gasteiger partial charge in [0.25, 0.3) is 5.56 Å². The zero-order valence-corrected chi connectivity index (χ0v) is 15.8. The number of pyridine rings is 1. The number of rotatable bonds is 5. The molecular weight excluding hydrogens is 358 g/mol. The number of nitrogens with zero attached hydrogens (tertiary/aromatic N) is 6. The Labute approximate surface area is 162 Å². The van der Waals surface area contributed by atoms with E-state index in [1.165, 1.54) is 28.2 Å². The van der Waals surface area contributed by atoms with Gasteiger partial charge in [-0.3, -0.25) is 18.8 Å². The van der Waals surface area contributed by atoms with Gasteiger partial charge in [0, 0.05) is 38.4 Å². The number of amides is 1. The molecule has 1 saturated heterocycles. The number of anilines is 1. The van der Waals surface area contributed by atoms with Gasteiger partial charge in [-0.05, 0) is 25.3 Å². The topological polar surface area (TPSA) is 97.9 Å². The third-order valence-electron chi connectivity index (χ3n) is 5.03. The summed E-state index contributed by atoms with van der Waals surface area (Å²) in [6.07, 6.45) is 8.21. The summed E-state index contributed by atoms with van der Waals surface area (Å²) in [5, 5.41) is 7.33. The minimum Gasteiger partial charge on any atom is -0.356 e. The van der Waals surface area contributed by atoms with Crippen LogP contribution in [0.4, 0.5) is 5.82 Å². The van der Waals surface area contributed by atoms with Crippen LogP contribution >= 0.6 is 0 Å². The maximum Gasteiger partial charge on any atom is 0.264 e. The number of fused-ring (bicyclic) bond motifs is 1. The van der Waals surface area contributed by atoms with Crippen LogP contribution in [0.1, 0.15) is 24.8 Å². The van der Waals surface area contributed by atoms with Crippen molar-refractivity contribution in [2.75, 3.05) is 18.0 Å². The van der Waals surface area contributed by atoms with Crippen LogP contribution in [0.15, 0.2) is 35.6 Å². The number of aromatic nitrogens is 5. The molecule has 0 unspecified atom stereocenters. The zero-order valence-electron chi connectivity index (χ0n) is 15.8. The van der Waals surface area contributed by atoms with Crippen molar-refractivity contribution < 1.29 is 4.79 Å². The zero-order chi connectivity index (χ0) is 19.5. The smallest absolute Gasteiger partial charge is 0.264 e. The van der Waals surface area contributed by atoms with Crippen molar-refractivity contribution in [1.82, 2.24) is 29.6 Å². The minimum atomic E-state index is -0.274. The van der Waals surface area contributed by atoms with E-state index in [1.54, 1.807) is 13.2 Å². The van der Waals surface area contributed by atoms with Crippen LogP contribution in [0.25, 0.3) is 11.0 Å². The highest BCUT2D eigenvalue weighted by Crippen LogP contribution is 2.21. The van der Waals surface area contributed by atoms with E-state index in [0.717, 1.165) is 37.3 Å². The molecule has 3 aromatic heterocycles. The van der Waals surface area contributed by atoms with Gasteiger partial charge in [-0.25, -0.2) is 9.97 Å². The molecule has 1 aliphatic heterocycles. The van der Waals surface area contributed by atoms with E-state index in [-0.39, 0.29) is 18.0 Å². The van der Waals surface area contributed by atoms with E-state index in [9.17, 15) is 9.59 Å². The van der Waals surface area contributed by atoms with Crippen LogP contribution in [0, 0.1) is 0 Å². The van der Waals surface area contributed by atoms with Gasteiger partial charge >= 0.3 is 0 Å². The fourth-order valence-corrected chi connectivity index (χ4v) is 3.54. The van der Waals surface area contributed by atoms with E-state index in [0.29, 0.717) is 17.6 Å². The van der Waals surface area contributed by atoms with Gasteiger partial charge in [-0.15, -0.1) is 0 Å². The normalized spacial score (nSPS) is 14.4. The Balaban J connectivity index is 1.44. The van der Waals surface area contributed by atoms with Crippen molar-refractivity contribution in [3.05, 3.63) is 46.8 Å². The van der Waals surface area contributed by atoms with Gasteiger partial charge in [0.05, 0.1) is 6.20 Å². The predicted molar refractivity (Wildman–Crippen MR) is 105 cm³/mol. The second-order valence-electron chi connectivity index (χ2n) is 6.99. The summed E-state index contributed by atoms with van der Waals surface area (Å²) in [4.78, 5) is 35.9. The average Bonchev–Trinajstić information content (AvgIpc) is 3.11. The van der Waals surface area contributed by atoms with E-state index in [2.05, 4.69) is 25.3 Å². The fourth-order valence-electron chi connectivity index (χ4n) is 3.54. The maximum atomic E-state index is 12.5. The van der Waals surface area contributed by atoms with E-state index < -0.39 is 0 Å². The number of piperidine rings is 1. The van der Waals surface area contributed by atoms with E-state index in [1.807, 2.05) is 12.1 Å². The van der Waals surface area contributed by atoms with Crippen LogP contribution in [0.2, 0.25) is 0 Å². The molecule has 0 aromatic carbocycles. The highest BCUT2D eigenvalue weighted by molar-refractivity contribution is 5.77. The van der Waals surface area contributed by atoms with Crippen LogP contribution in [-0.2, 0) is 24.9 Å². The largest absolute Gasteiger partial charge is 0.356 e. The summed E-state index contributed by atoms with van der Waals surface area (Å²) in [5.74, 6) is 0.679.